The van der Waals surface area contributed by atoms with Crippen LogP contribution in [0.15, 0.2) is 11.8 Å². The van der Waals surface area contributed by atoms with Crippen LogP contribution in [0.1, 0.15) is 18.2 Å². The predicted octanol–water partition coefficient (Wildman–Crippen LogP) is 1.12. The maximum atomic E-state index is 8.80. The molecular formula is C9H14N2O. The van der Waals surface area contributed by atoms with Gasteiger partial charge in [-0.15, -0.1) is 0 Å². The van der Waals surface area contributed by atoms with Crippen molar-refractivity contribution in [3.05, 3.63) is 23.0 Å². The molecule has 0 unspecified atom stereocenters. The average molecular weight is 166 g/mol. The SMILES string of the molecule is CC(=Cc1cn(C)nc1C)CO. The molecule has 0 bridgehead atoms. The largest absolute Gasteiger partial charge is 0.392 e. The van der Waals surface area contributed by atoms with Gasteiger partial charge in [-0.1, -0.05) is 6.08 Å². The molecule has 66 valence electrons. The second kappa shape index (κ2) is 3.54. The second-order valence-corrected chi connectivity index (χ2v) is 2.99. The van der Waals surface area contributed by atoms with Crippen LogP contribution in [-0.2, 0) is 7.05 Å². The van der Waals surface area contributed by atoms with E-state index in [4.69, 9.17) is 5.11 Å². The molecule has 0 saturated carbocycles. The van der Waals surface area contributed by atoms with E-state index >= 15 is 0 Å². The molecule has 1 aromatic rings. The highest BCUT2D eigenvalue weighted by atomic mass is 16.3. The van der Waals surface area contributed by atoms with Gasteiger partial charge in [-0.05, 0) is 19.4 Å². The molecule has 0 atom stereocenters. The summed E-state index contributed by atoms with van der Waals surface area (Å²) in [6.07, 6.45) is 3.89. The number of hydrogen-bond acceptors (Lipinski definition) is 2. The minimum absolute atomic E-state index is 0.105. The fourth-order valence-electron chi connectivity index (χ4n) is 1.07. The van der Waals surface area contributed by atoms with Gasteiger partial charge in [0.25, 0.3) is 0 Å². The van der Waals surface area contributed by atoms with E-state index in [1.807, 2.05) is 33.2 Å². The minimum Gasteiger partial charge on any atom is -0.392 e. The highest BCUT2D eigenvalue weighted by Gasteiger charge is 1.99. The van der Waals surface area contributed by atoms with E-state index in [9.17, 15) is 0 Å². The fourth-order valence-corrected chi connectivity index (χ4v) is 1.07. The van der Waals surface area contributed by atoms with E-state index in [-0.39, 0.29) is 6.61 Å². The lowest BCUT2D eigenvalue weighted by Crippen LogP contribution is -1.86. The summed E-state index contributed by atoms with van der Waals surface area (Å²) < 4.78 is 1.77. The van der Waals surface area contributed by atoms with Crippen LogP contribution in [0.25, 0.3) is 6.08 Å². The second-order valence-electron chi connectivity index (χ2n) is 2.99. The summed E-state index contributed by atoms with van der Waals surface area (Å²) in [6, 6.07) is 0. The number of nitrogens with zero attached hydrogens (tertiary/aromatic N) is 2. The Hall–Kier alpha value is -1.09. The molecule has 0 fully saturated rings. The third-order valence-electron chi connectivity index (χ3n) is 1.70. The summed E-state index contributed by atoms with van der Waals surface area (Å²) in [7, 11) is 1.89. The average Bonchev–Trinajstić information content (AvgIpc) is 2.30. The molecular weight excluding hydrogens is 152 g/mol. The van der Waals surface area contributed by atoms with E-state index in [2.05, 4.69) is 5.10 Å². The van der Waals surface area contributed by atoms with Gasteiger partial charge >= 0.3 is 0 Å². The summed E-state index contributed by atoms with van der Waals surface area (Å²) in [5.74, 6) is 0. The first-order chi connectivity index (χ1) is 5.63. The molecule has 0 aliphatic carbocycles. The van der Waals surface area contributed by atoms with Gasteiger partial charge < -0.3 is 5.11 Å². The zero-order chi connectivity index (χ0) is 9.14. The van der Waals surface area contributed by atoms with Crippen LogP contribution in [0.5, 0.6) is 0 Å². The molecule has 0 radical (unpaired) electrons. The van der Waals surface area contributed by atoms with Crippen LogP contribution in [0.2, 0.25) is 0 Å². The third-order valence-corrected chi connectivity index (χ3v) is 1.70. The van der Waals surface area contributed by atoms with Crippen LogP contribution in [0.4, 0.5) is 0 Å². The highest BCUT2D eigenvalue weighted by molar-refractivity contribution is 5.53. The Kier molecular flexibility index (Phi) is 2.65. The fraction of sp³-hybridized carbons (Fsp3) is 0.444. The third kappa shape index (κ3) is 1.95. The molecule has 0 aliphatic heterocycles. The van der Waals surface area contributed by atoms with Crippen molar-refractivity contribution in [3.8, 4) is 0 Å². The molecule has 0 aromatic carbocycles. The normalized spacial score (nSPS) is 12.2. The first-order valence-corrected chi connectivity index (χ1v) is 3.91. The van der Waals surface area contributed by atoms with Crippen molar-refractivity contribution < 1.29 is 5.11 Å². The highest BCUT2D eigenvalue weighted by Crippen LogP contribution is 2.09. The summed E-state index contributed by atoms with van der Waals surface area (Å²) in [5, 5.41) is 13.0. The quantitative estimate of drug-likeness (QED) is 0.715. The zero-order valence-electron chi connectivity index (χ0n) is 7.70. The lowest BCUT2D eigenvalue weighted by Gasteiger charge is -1.92. The van der Waals surface area contributed by atoms with Crippen LogP contribution in [0.3, 0.4) is 0 Å². The van der Waals surface area contributed by atoms with E-state index in [0.717, 1.165) is 16.8 Å². The first-order valence-electron chi connectivity index (χ1n) is 3.91. The van der Waals surface area contributed by atoms with Crippen LogP contribution < -0.4 is 0 Å². The topological polar surface area (TPSA) is 38.0 Å². The molecule has 0 saturated heterocycles. The molecule has 1 aromatic heterocycles. The Labute approximate surface area is 72.3 Å². The Bertz CT molecular complexity index is 299. The smallest absolute Gasteiger partial charge is 0.0665 e. The van der Waals surface area contributed by atoms with Crippen molar-refractivity contribution in [1.82, 2.24) is 9.78 Å². The van der Waals surface area contributed by atoms with E-state index in [1.165, 1.54) is 0 Å². The Balaban J connectivity index is 2.95. The Morgan fingerprint density at radius 3 is 2.83 bits per heavy atom. The maximum absolute atomic E-state index is 8.80. The van der Waals surface area contributed by atoms with Gasteiger partial charge in [-0.3, -0.25) is 4.68 Å². The minimum atomic E-state index is 0.105. The van der Waals surface area contributed by atoms with Crippen molar-refractivity contribution in [1.29, 1.82) is 0 Å². The first kappa shape index (κ1) is 9.00. The van der Waals surface area contributed by atoms with Gasteiger partial charge in [-0.2, -0.15) is 5.10 Å². The Morgan fingerprint density at radius 1 is 1.75 bits per heavy atom. The molecule has 1 heterocycles. The molecule has 3 heteroatoms. The standard InChI is InChI=1S/C9H14N2O/c1-7(6-12)4-9-5-11(3)10-8(9)2/h4-5,12H,6H2,1-3H3. The van der Waals surface area contributed by atoms with Gasteiger partial charge in [0, 0.05) is 18.8 Å². The number of aliphatic hydroxyl groups is 1. The number of aliphatic hydroxyl groups excluding tert-OH is 1. The Morgan fingerprint density at radius 2 is 2.42 bits per heavy atom. The van der Waals surface area contributed by atoms with Gasteiger partial charge in [0.05, 0.1) is 12.3 Å². The maximum Gasteiger partial charge on any atom is 0.0665 e. The molecule has 0 aliphatic rings. The summed E-state index contributed by atoms with van der Waals surface area (Å²) >= 11 is 0. The van der Waals surface area contributed by atoms with Crippen LogP contribution in [-0.4, -0.2) is 21.5 Å². The number of aryl methyl sites for hydroxylation is 2. The van der Waals surface area contributed by atoms with Crippen molar-refractivity contribution in [3.63, 3.8) is 0 Å². The van der Waals surface area contributed by atoms with Gasteiger partial charge in [0.1, 0.15) is 0 Å². The molecule has 0 amide bonds. The lowest BCUT2D eigenvalue weighted by molar-refractivity contribution is 0.332. The van der Waals surface area contributed by atoms with Crippen LogP contribution in [0, 0.1) is 6.92 Å². The van der Waals surface area contributed by atoms with Gasteiger partial charge in [0.15, 0.2) is 0 Å². The van der Waals surface area contributed by atoms with Gasteiger partial charge in [0.2, 0.25) is 0 Å². The number of aromatic nitrogens is 2. The van der Waals surface area contributed by atoms with E-state index in [0.29, 0.717) is 0 Å². The molecule has 12 heavy (non-hydrogen) atoms. The van der Waals surface area contributed by atoms with Crippen molar-refractivity contribution in [2.24, 2.45) is 7.05 Å². The van der Waals surface area contributed by atoms with Crippen molar-refractivity contribution in [2.45, 2.75) is 13.8 Å². The zero-order valence-corrected chi connectivity index (χ0v) is 7.70. The molecule has 3 nitrogen and oxygen atoms in total. The summed E-state index contributed by atoms with van der Waals surface area (Å²) in [4.78, 5) is 0. The molecule has 1 N–H and O–H groups in total. The molecule has 0 spiro atoms. The summed E-state index contributed by atoms with van der Waals surface area (Å²) in [6.45, 7) is 3.96. The summed E-state index contributed by atoms with van der Waals surface area (Å²) in [5.41, 5.74) is 3.01. The lowest BCUT2D eigenvalue weighted by atomic mass is 10.2. The monoisotopic (exact) mass is 166 g/mol. The van der Waals surface area contributed by atoms with Crippen LogP contribution >= 0.6 is 0 Å². The number of rotatable bonds is 2. The van der Waals surface area contributed by atoms with Crippen molar-refractivity contribution in [2.75, 3.05) is 6.61 Å². The van der Waals surface area contributed by atoms with Gasteiger partial charge in [-0.25, -0.2) is 0 Å². The van der Waals surface area contributed by atoms with E-state index in [1.54, 1.807) is 4.68 Å². The van der Waals surface area contributed by atoms with Crippen molar-refractivity contribution >= 4 is 6.08 Å². The molecule has 1 rings (SSSR count). The number of hydrogen-bond donors (Lipinski definition) is 1. The van der Waals surface area contributed by atoms with E-state index < -0.39 is 0 Å². The predicted molar refractivity (Wildman–Crippen MR) is 48.7 cm³/mol.